The zero-order valence-electron chi connectivity index (χ0n) is 9.01. The van der Waals surface area contributed by atoms with Crippen LogP contribution in [0.3, 0.4) is 0 Å². The molecular formula is C11H13N5. The first-order valence-electron chi connectivity index (χ1n) is 5.06. The van der Waals surface area contributed by atoms with E-state index >= 15 is 0 Å². The van der Waals surface area contributed by atoms with Crippen molar-refractivity contribution >= 4 is 11.9 Å². The van der Waals surface area contributed by atoms with Crippen LogP contribution >= 0.6 is 0 Å². The molecule has 2 aromatic rings. The fourth-order valence-corrected chi connectivity index (χ4v) is 1.58. The first-order valence-corrected chi connectivity index (χ1v) is 5.06. The Balaban J connectivity index is 2.58. The second-order valence-electron chi connectivity index (χ2n) is 3.39. The third-order valence-electron chi connectivity index (χ3n) is 2.31. The van der Waals surface area contributed by atoms with Gasteiger partial charge in [0.1, 0.15) is 0 Å². The van der Waals surface area contributed by atoms with Crippen molar-refractivity contribution < 1.29 is 0 Å². The normalized spacial score (nSPS) is 10.3. The second-order valence-corrected chi connectivity index (χ2v) is 3.39. The molecule has 0 saturated heterocycles. The van der Waals surface area contributed by atoms with E-state index in [1.807, 2.05) is 24.3 Å². The summed E-state index contributed by atoms with van der Waals surface area (Å²) in [7, 11) is 0. The summed E-state index contributed by atoms with van der Waals surface area (Å²) in [6.07, 6.45) is 0.904. The molecule has 0 aliphatic rings. The first kappa shape index (κ1) is 10.4. The summed E-state index contributed by atoms with van der Waals surface area (Å²) in [5, 5.41) is 0. The van der Waals surface area contributed by atoms with E-state index in [9.17, 15) is 0 Å². The number of benzene rings is 1. The summed E-state index contributed by atoms with van der Waals surface area (Å²) >= 11 is 0. The molecule has 0 saturated carbocycles. The largest absolute Gasteiger partial charge is 0.368 e. The van der Waals surface area contributed by atoms with Crippen molar-refractivity contribution in [3.8, 4) is 11.4 Å². The van der Waals surface area contributed by atoms with Crippen LogP contribution < -0.4 is 11.5 Å². The molecule has 16 heavy (non-hydrogen) atoms. The summed E-state index contributed by atoms with van der Waals surface area (Å²) in [6, 6.07) is 7.90. The fourth-order valence-electron chi connectivity index (χ4n) is 1.58. The van der Waals surface area contributed by atoms with E-state index in [1.54, 1.807) is 0 Å². The van der Waals surface area contributed by atoms with Gasteiger partial charge in [-0.3, -0.25) is 0 Å². The average Bonchev–Trinajstić information content (AvgIpc) is 2.27. The standard InChI is InChI=1S/C11H13N5/c1-2-7-5-3-4-6-8(7)9-14-10(12)16-11(13)15-9/h3-6H,2H2,1H3,(H4,12,13,14,15,16). The molecule has 0 fully saturated rings. The molecule has 1 aromatic carbocycles. The van der Waals surface area contributed by atoms with Gasteiger partial charge in [-0.05, 0) is 12.0 Å². The fraction of sp³-hybridized carbons (Fsp3) is 0.182. The molecular weight excluding hydrogens is 202 g/mol. The maximum atomic E-state index is 5.55. The van der Waals surface area contributed by atoms with Gasteiger partial charge in [-0.15, -0.1) is 0 Å². The van der Waals surface area contributed by atoms with E-state index in [1.165, 1.54) is 0 Å². The van der Waals surface area contributed by atoms with Crippen LogP contribution in [0.5, 0.6) is 0 Å². The van der Waals surface area contributed by atoms with Gasteiger partial charge in [-0.25, -0.2) is 0 Å². The number of nitrogens with two attached hydrogens (primary N) is 2. The van der Waals surface area contributed by atoms with Crippen LogP contribution in [0.2, 0.25) is 0 Å². The van der Waals surface area contributed by atoms with Gasteiger partial charge in [0.2, 0.25) is 11.9 Å². The van der Waals surface area contributed by atoms with Crippen molar-refractivity contribution in [1.82, 2.24) is 15.0 Å². The van der Waals surface area contributed by atoms with Gasteiger partial charge in [0.25, 0.3) is 0 Å². The van der Waals surface area contributed by atoms with Gasteiger partial charge < -0.3 is 11.5 Å². The molecule has 5 heteroatoms. The number of nitrogen functional groups attached to an aromatic ring is 2. The van der Waals surface area contributed by atoms with Gasteiger partial charge in [-0.2, -0.15) is 15.0 Å². The molecule has 2 rings (SSSR count). The number of aryl methyl sites for hydroxylation is 1. The molecule has 0 atom stereocenters. The van der Waals surface area contributed by atoms with Gasteiger partial charge >= 0.3 is 0 Å². The summed E-state index contributed by atoms with van der Waals surface area (Å²) in [5.74, 6) is 0.823. The van der Waals surface area contributed by atoms with Crippen molar-refractivity contribution in [2.45, 2.75) is 13.3 Å². The predicted molar refractivity (Wildman–Crippen MR) is 63.5 cm³/mol. The van der Waals surface area contributed by atoms with E-state index < -0.39 is 0 Å². The van der Waals surface area contributed by atoms with E-state index in [0.29, 0.717) is 5.82 Å². The lowest BCUT2D eigenvalue weighted by Gasteiger charge is -2.06. The van der Waals surface area contributed by atoms with E-state index in [4.69, 9.17) is 11.5 Å². The van der Waals surface area contributed by atoms with Crippen molar-refractivity contribution in [3.05, 3.63) is 29.8 Å². The molecule has 0 aliphatic carbocycles. The van der Waals surface area contributed by atoms with Crippen molar-refractivity contribution in [2.75, 3.05) is 11.5 Å². The van der Waals surface area contributed by atoms with Crippen LogP contribution in [-0.2, 0) is 6.42 Å². The Bertz CT molecular complexity index is 489. The highest BCUT2D eigenvalue weighted by Crippen LogP contribution is 2.21. The molecule has 0 spiro atoms. The highest BCUT2D eigenvalue weighted by molar-refractivity contribution is 5.61. The molecule has 1 aromatic heterocycles. The van der Waals surface area contributed by atoms with Gasteiger partial charge in [0.05, 0.1) is 0 Å². The van der Waals surface area contributed by atoms with Crippen molar-refractivity contribution in [3.63, 3.8) is 0 Å². The van der Waals surface area contributed by atoms with Gasteiger partial charge in [-0.1, -0.05) is 31.2 Å². The Morgan fingerprint density at radius 3 is 2.25 bits per heavy atom. The quantitative estimate of drug-likeness (QED) is 0.787. The van der Waals surface area contributed by atoms with Crippen LogP contribution in [0.1, 0.15) is 12.5 Å². The Kier molecular flexibility index (Phi) is 2.68. The Morgan fingerprint density at radius 1 is 1.00 bits per heavy atom. The highest BCUT2D eigenvalue weighted by Gasteiger charge is 2.08. The van der Waals surface area contributed by atoms with Crippen LogP contribution in [0.15, 0.2) is 24.3 Å². The molecule has 0 bridgehead atoms. The molecule has 82 valence electrons. The van der Waals surface area contributed by atoms with Gasteiger partial charge in [0.15, 0.2) is 5.82 Å². The lowest BCUT2D eigenvalue weighted by atomic mass is 10.1. The van der Waals surface area contributed by atoms with E-state index in [2.05, 4.69) is 21.9 Å². The number of hydrogen-bond donors (Lipinski definition) is 2. The molecule has 0 aliphatic heterocycles. The monoisotopic (exact) mass is 215 g/mol. The van der Waals surface area contributed by atoms with Crippen LogP contribution in [0.25, 0.3) is 11.4 Å². The SMILES string of the molecule is CCc1ccccc1-c1nc(N)nc(N)n1. The Labute approximate surface area is 93.6 Å². The minimum absolute atomic E-state index is 0.147. The second kappa shape index (κ2) is 4.14. The van der Waals surface area contributed by atoms with E-state index in [-0.39, 0.29) is 11.9 Å². The van der Waals surface area contributed by atoms with Crippen LogP contribution in [0.4, 0.5) is 11.9 Å². The number of rotatable bonds is 2. The third kappa shape index (κ3) is 1.93. The lowest BCUT2D eigenvalue weighted by Crippen LogP contribution is -2.05. The van der Waals surface area contributed by atoms with Crippen molar-refractivity contribution in [1.29, 1.82) is 0 Å². The summed E-state index contributed by atoms with van der Waals surface area (Å²) in [4.78, 5) is 11.9. The summed E-state index contributed by atoms with van der Waals surface area (Å²) in [6.45, 7) is 2.08. The maximum Gasteiger partial charge on any atom is 0.225 e. The molecule has 1 heterocycles. The molecule has 0 unspecified atom stereocenters. The first-order chi connectivity index (χ1) is 7.70. The number of hydrogen-bond acceptors (Lipinski definition) is 5. The third-order valence-corrected chi connectivity index (χ3v) is 2.31. The van der Waals surface area contributed by atoms with Crippen LogP contribution in [0, 0.1) is 0 Å². The van der Waals surface area contributed by atoms with Crippen molar-refractivity contribution in [2.24, 2.45) is 0 Å². The lowest BCUT2D eigenvalue weighted by molar-refractivity contribution is 1.07. The topological polar surface area (TPSA) is 90.7 Å². The minimum atomic E-state index is 0.147. The molecule has 0 radical (unpaired) electrons. The predicted octanol–water partition coefficient (Wildman–Crippen LogP) is 1.27. The highest BCUT2D eigenvalue weighted by atomic mass is 15.1. The zero-order valence-corrected chi connectivity index (χ0v) is 9.01. The van der Waals surface area contributed by atoms with E-state index in [0.717, 1.165) is 17.5 Å². The average molecular weight is 215 g/mol. The number of nitrogens with zero attached hydrogens (tertiary/aromatic N) is 3. The number of aromatic nitrogens is 3. The Hall–Kier alpha value is -2.17. The van der Waals surface area contributed by atoms with Gasteiger partial charge in [0, 0.05) is 5.56 Å². The number of anilines is 2. The molecule has 4 N–H and O–H groups in total. The Morgan fingerprint density at radius 2 is 1.62 bits per heavy atom. The smallest absolute Gasteiger partial charge is 0.225 e. The minimum Gasteiger partial charge on any atom is -0.368 e. The zero-order chi connectivity index (χ0) is 11.5. The summed E-state index contributed by atoms with van der Waals surface area (Å²) < 4.78 is 0. The molecule has 0 amide bonds. The molecule has 5 nitrogen and oxygen atoms in total. The van der Waals surface area contributed by atoms with Crippen LogP contribution in [-0.4, -0.2) is 15.0 Å². The summed E-state index contributed by atoms with van der Waals surface area (Å²) in [5.41, 5.74) is 13.2. The maximum absolute atomic E-state index is 5.55.